The van der Waals surface area contributed by atoms with Crippen LogP contribution in [0.3, 0.4) is 0 Å². The topological polar surface area (TPSA) is 57.7 Å². The van der Waals surface area contributed by atoms with Gasteiger partial charge < -0.3 is 19.9 Å². The summed E-state index contributed by atoms with van der Waals surface area (Å²) in [7, 11) is 1.65. The Bertz CT molecular complexity index is 1050. The molecule has 0 spiro atoms. The number of para-hydroxylation sites is 1. The van der Waals surface area contributed by atoms with Gasteiger partial charge >= 0.3 is 0 Å². The molecule has 1 aliphatic rings. The number of rotatable bonds is 7. The van der Waals surface area contributed by atoms with Crippen molar-refractivity contribution in [1.82, 2.24) is 10.3 Å². The summed E-state index contributed by atoms with van der Waals surface area (Å²) >= 11 is 0. The fourth-order valence-electron chi connectivity index (χ4n) is 3.93. The van der Waals surface area contributed by atoms with Gasteiger partial charge in [-0.25, -0.2) is 9.37 Å². The van der Waals surface area contributed by atoms with E-state index < -0.39 is 0 Å². The Balaban J connectivity index is 1.50. The van der Waals surface area contributed by atoms with Crippen LogP contribution in [0, 0.1) is 5.82 Å². The van der Waals surface area contributed by atoms with Gasteiger partial charge in [-0.1, -0.05) is 18.2 Å². The van der Waals surface area contributed by atoms with Crippen LogP contribution in [0.5, 0.6) is 0 Å². The maximum atomic E-state index is 14.1. The number of hydrogen-bond acceptors (Lipinski definition) is 5. The van der Waals surface area contributed by atoms with E-state index in [1.54, 1.807) is 19.4 Å². The lowest BCUT2D eigenvalue weighted by atomic mass is 10.1. The Kier molecular flexibility index (Phi) is 6.62. The molecule has 0 atom stereocenters. The Labute approximate surface area is 181 Å². The largest absolute Gasteiger partial charge is 0.385 e. The maximum absolute atomic E-state index is 14.1. The van der Waals surface area contributed by atoms with Crippen molar-refractivity contribution in [2.24, 2.45) is 0 Å². The van der Waals surface area contributed by atoms with Crippen molar-refractivity contribution >= 4 is 28.2 Å². The Morgan fingerprint density at radius 2 is 1.87 bits per heavy atom. The van der Waals surface area contributed by atoms with E-state index in [0.29, 0.717) is 37.5 Å². The number of carbonyl (C=O) groups is 1. The second kappa shape index (κ2) is 9.75. The molecule has 3 aromatic rings. The van der Waals surface area contributed by atoms with Crippen LogP contribution in [0.4, 0.5) is 15.9 Å². The lowest BCUT2D eigenvalue weighted by Gasteiger charge is -2.37. The van der Waals surface area contributed by atoms with Crippen LogP contribution in [0.15, 0.2) is 54.7 Å². The highest BCUT2D eigenvalue weighted by Gasteiger charge is 2.22. The molecule has 0 bridgehead atoms. The number of anilines is 2. The first kappa shape index (κ1) is 21.1. The SMILES string of the molecule is COCCCNC(=O)c1ccc2ccnc(N3CCN(c4ccccc4F)CC3)c2c1. The third-order valence-electron chi connectivity index (χ3n) is 5.59. The molecule has 1 saturated heterocycles. The predicted octanol–water partition coefficient (Wildman–Crippen LogP) is 3.47. The number of ether oxygens (including phenoxy) is 1. The van der Waals surface area contributed by atoms with Crippen LogP contribution < -0.4 is 15.1 Å². The quantitative estimate of drug-likeness (QED) is 0.591. The van der Waals surface area contributed by atoms with Gasteiger partial charge in [-0.3, -0.25) is 4.79 Å². The van der Waals surface area contributed by atoms with E-state index in [2.05, 4.69) is 20.1 Å². The number of halogens is 1. The average molecular weight is 423 g/mol. The van der Waals surface area contributed by atoms with Crippen molar-refractivity contribution in [1.29, 1.82) is 0 Å². The Morgan fingerprint density at radius 3 is 2.65 bits per heavy atom. The third-order valence-corrected chi connectivity index (χ3v) is 5.59. The summed E-state index contributed by atoms with van der Waals surface area (Å²) in [5.41, 5.74) is 1.25. The van der Waals surface area contributed by atoms with Gasteiger partial charge in [0.2, 0.25) is 0 Å². The number of hydrogen-bond donors (Lipinski definition) is 1. The van der Waals surface area contributed by atoms with Gasteiger partial charge in [0.05, 0.1) is 5.69 Å². The lowest BCUT2D eigenvalue weighted by molar-refractivity contribution is 0.0948. The van der Waals surface area contributed by atoms with Gasteiger partial charge in [0.15, 0.2) is 0 Å². The number of carbonyl (C=O) groups excluding carboxylic acids is 1. The van der Waals surface area contributed by atoms with Crippen LogP contribution >= 0.6 is 0 Å². The fraction of sp³-hybridized carbons (Fsp3) is 0.333. The van der Waals surface area contributed by atoms with Crippen LogP contribution in [-0.4, -0.2) is 57.3 Å². The van der Waals surface area contributed by atoms with E-state index in [-0.39, 0.29) is 11.7 Å². The second-order valence-electron chi connectivity index (χ2n) is 7.60. The number of methoxy groups -OCH3 is 1. The minimum atomic E-state index is -0.194. The fourth-order valence-corrected chi connectivity index (χ4v) is 3.93. The lowest BCUT2D eigenvalue weighted by Crippen LogP contribution is -2.47. The molecule has 1 aromatic heterocycles. The zero-order valence-electron chi connectivity index (χ0n) is 17.7. The van der Waals surface area contributed by atoms with Crippen molar-refractivity contribution in [3.8, 4) is 0 Å². The van der Waals surface area contributed by atoms with Crippen molar-refractivity contribution in [3.05, 3.63) is 66.1 Å². The molecule has 1 amide bonds. The number of piperazine rings is 1. The summed E-state index contributed by atoms with van der Waals surface area (Å²) < 4.78 is 19.2. The highest BCUT2D eigenvalue weighted by molar-refractivity contribution is 6.01. The smallest absolute Gasteiger partial charge is 0.251 e. The third kappa shape index (κ3) is 4.77. The van der Waals surface area contributed by atoms with Gasteiger partial charge in [-0.2, -0.15) is 0 Å². The summed E-state index contributed by atoms with van der Waals surface area (Å²) in [6.07, 6.45) is 2.57. The maximum Gasteiger partial charge on any atom is 0.251 e. The number of amides is 1. The Hall–Kier alpha value is -3.19. The van der Waals surface area contributed by atoms with E-state index in [1.165, 1.54) is 6.07 Å². The normalized spacial score (nSPS) is 14.1. The summed E-state index contributed by atoms with van der Waals surface area (Å²) in [5, 5.41) is 4.92. The molecule has 0 unspecified atom stereocenters. The molecule has 1 fully saturated rings. The summed E-state index contributed by atoms with van der Waals surface area (Å²) in [6, 6.07) is 14.5. The number of nitrogens with zero attached hydrogens (tertiary/aromatic N) is 3. The zero-order chi connectivity index (χ0) is 21.6. The van der Waals surface area contributed by atoms with Gasteiger partial charge in [0.1, 0.15) is 11.6 Å². The molecule has 1 N–H and O–H groups in total. The molecule has 0 radical (unpaired) electrons. The molecule has 2 heterocycles. The van der Waals surface area contributed by atoms with E-state index in [1.807, 2.05) is 36.4 Å². The van der Waals surface area contributed by atoms with Gasteiger partial charge in [-0.15, -0.1) is 0 Å². The van der Waals surface area contributed by atoms with Gasteiger partial charge in [-0.05, 0) is 42.1 Å². The number of fused-ring (bicyclic) bond motifs is 1. The zero-order valence-corrected chi connectivity index (χ0v) is 17.7. The molecule has 162 valence electrons. The van der Waals surface area contributed by atoms with Crippen LogP contribution in [0.1, 0.15) is 16.8 Å². The van der Waals surface area contributed by atoms with Crippen molar-refractivity contribution in [3.63, 3.8) is 0 Å². The number of pyridine rings is 1. The molecular formula is C24H27FN4O2. The number of aromatic nitrogens is 1. The summed E-state index contributed by atoms with van der Waals surface area (Å²) in [4.78, 5) is 21.4. The van der Waals surface area contributed by atoms with Gasteiger partial charge in [0, 0.05) is 63.6 Å². The van der Waals surface area contributed by atoms with E-state index in [4.69, 9.17) is 4.74 Å². The highest BCUT2D eigenvalue weighted by atomic mass is 19.1. The second-order valence-corrected chi connectivity index (χ2v) is 7.60. The first-order valence-electron chi connectivity index (χ1n) is 10.6. The minimum Gasteiger partial charge on any atom is -0.385 e. The molecule has 31 heavy (non-hydrogen) atoms. The van der Waals surface area contributed by atoms with Gasteiger partial charge in [0.25, 0.3) is 5.91 Å². The monoisotopic (exact) mass is 422 g/mol. The molecule has 6 nitrogen and oxygen atoms in total. The first-order valence-corrected chi connectivity index (χ1v) is 10.6. The highest BCUT2D eigenvalue weighted by Crippen LogP contribution is 2.28. The van der Waals surface area contributed by atoms with E-state index in [0.717, 1.165) is 36.1 Å². The summed E-state index contributed by atoms with van der Waals surface area (Å²) in [6.45, 7) is 4.06. The number of benzene rings is 2. The predicted molar refractivity (Wildman–Crippen MR) is 121 cm³/mol. The van der Waals surface area contributed by atoms with Crippen LogP contribution in [0.25, 0.3) is 10.8 Å². The molecule has 0 saturated carbocycles. The summed E-state index contributed by atoms with van der Waals surface area (Å²) in [5.74, 6) is 0.567. The Morgan fingerprint density at radius 1 is 1.10 bits per heavy atom. The molecule has 2 aromatic carbocycles. The average Bonchev–Trinajstić information content (AvgIpc) is 2.81. The molecule has 7 heteroatoms. The van der Waals surface area contributed by atoms with E-state index >= 15 is 0 Å². The van der Waals surface area contributed by atoms with Crippen molar-refractivity contribution in [2.45, 2.75) is 6.42 Å². The molecule has 4 rings (SSSR count). The number of nitrogens with one attached hydrogen (secondary N) is 1. The minimum absolute atomic E-state index is 0.0998. The van der Waals surface area contributed by atoms with Crippen LogP contribution in [-0.2, 0) is 4.74 Å². The van der Waals surface area contributed by atoms with Crippen molar-refractivity contribution < 1.29 is 13.9 Å². The van der Waals surface area contributed by atoms with E-state index in [9.17, 15) is 9.18 Å². The molecule has 0 aliphatic carbocycles. The first-order chi connectivity index (χ1) is 15.2. The van der Waals surface area contributed by atoms with Crippen LogP contribution in [0.2, 0.25) is 0 Å². The standard InChI is InChI=1S/C24H27FN4O2/c1-31-16-4-10-27-24(30)19-8-7-18-9-11-26-23(20(18)17-19)29-14-12-28(13-15-29)22-6-3-2-5-21(22)25/h2-3,5-9,11,17H,4,10,12-16H2,1H3,(H,27,30). The van der Waals surface area contributed by atoms with Crippen molar-refractivity contribution in [2.75, 3.05) is 56.2 Å². The molecule has 1 aliphatic heterocycles. The molecular weight excluding hydrogens is 395 g/mol.